The summed E-state index contributed by atoms with van der Waals surface area (Å²) in [6.07, 6.45) is 1.65. The standard InChI is InChI=1S/C26H19ClN2O3S/c1-17-6-8-18(9-7-17)15-29-25(30)24(33-26(29)31)13-19-10-11-23(22(27)12-19)32-16-21-5-3-2-4-20(21)14-28/h2-13H,15-16H2,1H3/b24-13-. The lowest BCUT2D eigenvalue weighted by Gasteiger charge is -2.12. The van der Waals surface area contributed by atoms with Crippen LogP contribution in [-0.2, 0) is 17.9 Å². The van der Waals surface area contributed by atoms with Gasteiger partial charge in [0.15, 0.2) is 0 Å². The van der Waals surface area contributed by atoms with Gasteiger partial charge in [0.1, 0.15) is 12.4 Å². The van der Waals surface area contributed by atoms with Crippen LogP contribution >= 0.6 is 23.4 Å². The zero-order chi connectivity index (χ0) is 23.4. The Hall–Kier alpha value is -3.53. The van der Waals surface area contributed by atoms with Crippen molar-refractivity contribution in [3.05, 3.63) is 104 Å². The van der Waals surface area contributed by atoms with Crippen LogP contribution in [0.1, 0.15) is 27.8 Å². The minimum Gasteiger partial charge on any atom is -0.487 e. The first-order valence-electron chi connectivity index (χ1n) is 10.2. The van der Waals surface area contributed by atoms with Gasteiger partial charge in [0, 0.05) is 5.56 Å². The van der Waals surface area contributed by atoms with E-state index in [1.807, 2.05) is 43.3 Å². The monoisotopic (exact) mass is 474 g/mol. The molecular weight excluding hydrogens is 456 g/mol. The van der Waals surface area contributed by atoms with E-state index in [1.54, 1.807) is 36.4 Å². The third kappa shape index (κ3) is 5.28. The number of amides is 2. The van der Waals surface area contributed by atoms with Crippen molar-refractivity contribution in [2.45, 2.75) is 20.1 Å². The molecule has 7 heteroatoms. The van der Waals surface area contributed by atoms with Gasteiger partial charge in [0.2, 0.25) is 0 Å². The van der Waals surface area contributed by atoms with E-state index < -0.39 is 0 Å². The third-order valence-electron chi connectivity index (χ3n) is 5.11. The molecule has 0 spiro atoms. The molecule has 1 aliphatic rings. The number of carbonyl (C=O) groups is 2. The topological polar surface area (TPSA) is 70.4 Å². The summed E-state index contributed by atoms with van der Waals surface area (Å²) in [6, 6.07) is 22.2. The number of aryl methyl sites for hydroxylation is 1. The Morgan fingerprint density at radius 2 is 1.85 bits per heavy atom. The maximum absolute atomic E-state index is 12.8. The first-order chi connectivity index (χ1) is 15.9. The summed E-state index contributed by atoms with van der Waals surface area (Å²) in [6.45, 7) is 2.43. The molecule has 0 radical (unpaired) electrons. The maximum Gasteiger partial charge on any atom is 0.293 e. The smallest absolute Gasteiger partial charge is 0.293 e. The van der Waals surface area contributed by atoms with Crippen LogP contribution in [0.3, 0.4) is 0 Å². The van der Waals surface area contributed by atoms with E-state index in [0.717, 1.165) is 28.5 Å². The number of thioether (sulfide) groups is 1. The van der Waals surface area contributed by atoms with Crippen molar-refractivity contribution in [1.82, 2.24) is 4.90 Å². The second kappa shape index (κ2) is 9.95. The zero-order valence-corrected chi connectivity index (χ0v) is 19.3. The summed E-state index contributed by atoms with van der Waals surface area (Å²) in [7, 11) is 0. The van der Waals surface area contributed by atoms with Crippen molar-refractivity contribution >= 4 is 40.6 Å². The van der Waals surface area contributed by atoms with E-state index in [9.17, 15) is 14.9 Å². The maximum atomic E-state index is 12.8. The molecule has 1 fully saturated rings. The Morgan fingerprint density at radius 1 is 1.09 bits per heavy atom. The molecule has 1 saturated heterocycles. The molecule has 0 unspecified atom stereocenters. The van der Waals surface area contributed by atoms with Crippen LogP contribution in [0.25, 0.3) is 6.08 Å². The molecule has 0 saturated carbocycles. The highest BCUT2D eigenvalue weighted by Gasteiger charge is 2.35. The molecule has 33 heavy (non-hydrogen) atoms. The number of benzene rings is 3. The lowest BCUT2D eigenvalue weighted by atomic mass is 10.1. The molecule has 0 bridgehead atoms. The molecule has 3 aromatic carbocycles. The van der Waals surface area contributed by atoms with Crippen molar-refractivity contribution < 1.29 is 14.3 Å². The van der Waals surface area contributed by atoms with Crippen LogP contribution in [0, 0.1) is 18.3 Å². The molecule has 4 rings (SSSR count). The highest BCUT2D eigenvalue weighted by atomic mass is 35.5. The van der Waals surface area contributed by atoms with Gasteiger partial charge < -0.3 is 4.74 Å². The first-order valence-corrected chi connectivity index (χ1v) is 11.4. The van der Waals surface area contributed by atoms with E-state index >= 15 is 0 Å². The van der Waals surface area contributed by atoms with Crippen LogP contribution in [0.2, 0.25) is 5.02 Å². The predicted octanol–water partition coefficient (Wildman–Crippen LogP) is 6.34. The van der Waals surface area contributed by atoms with Crippen molar-refractivity contribution in [3.63, 3.8) is 0 Å². The largest absolute Gasteiger partial charge is 0.487 e. The van der Waals surface area contributed by atoms with Gasteiger partial charge >= 0.3 is 0 Å². The van der Waals surface area contributed by atoms with Crippen molar-refractivity contribution in [2.75, 3.05) is 0 Å². The van der Waals surface area contributed by atoms with Gasteiger partial charge in [-0.15, -0.1) is 0 Å². The molecular formula is C26H19ClN2O3S. The number of hydrogen-bond acceptors (Lipinski definition) is 5. The normalized spacial score (nSPS) is 14.6. The first kappa shape index (κ1) is 22.7. The fraction of sp³-hybridized carbons (Fsp3) is 0.115. The number of hydrogen-bond donors (Lipinski definition) is 0. The highest BCUT2D eigenvalue weighted by Crippen LogP contribution is 2.35. The van der Waals surface area contributed by atoms with Crippen LogP contribution in [0.5, 0.6) is 5.75 Å². The van der Waals surface area contributed by atoms with E-state index in [1.165, 1.54) is 4.90 Å². The molecule has 164 valence electrons. The minimum atomic E-state index is -0.324. The zero-order valence-electron chi connectivity index (χ0n) is 17.7. The lowest BCUT2D eigenvalue weighted by Crippen LogP contribution is -2.27. The SMILES string of the molecule is Cc1ccc(CN2C(=O)S/C(=C\c3ccc(OCc4ccccc4C#N)c(Cl)c3)C2=O)cc1. The van der Waals surface area contributed by atoms with Gasteiger partial charge in [-0.1, -0.05) is 65.7 Å². The average Bonchev–Trinajstić information content (AvgIpc) is 3.07. The molecule has 0 N–H and O–H groups in total. The fourth-order valence-corrected chi connectivity index (χ4v) is 4.38. The Balaban J connectivity index is 1.46. The molecule has 5 nitrogen and oxygen atoms in total. The van der Waals surface area contributed by atoms with E-state index in [-0.39, 0.29) is 24.3 Å². The van der Waals surface area contributed by atoms with Crippen molar-refractivity contribution in [3.8, 4) is 11.8 Å². The van der Waals surface area contributed by atoms with Crippen molar-refractivity contribution in [2.24, 2.45) is 0 Å². The Labute approximate surface area is 201 Å². The van der Waals surface area contributed by atoms with Crippen LogP contribution in [0.4, 0.5) is 4.79 Å². The number of imide groups is 1. The van der Waals surface area contributed by atoms with E-state index in [2.05, 4.69) is 6.07 Å². The van der Waals surface area contributed by atoms with Gasteiger partial charge in [-0.2, -0.15) is 5.26 Å². The third-order valence-corrected chi connectivity index (χ3v) is 6.31. The summed E-state index contributed by atoms with van der Waals surface area (Å²) >= 11 is 7.29. The summed E-state index contributed by atoms with van der Waals surface area (Å²) in [5.74, 6) is 0.143. The minimum absolute atomic E-state index is 0.209. The van der Waals surface area contributed by atoms with E-state index in [4.69, 9.17) is 16.3 Å². The fourth-order valence-electron chi connectivity index (χ4n) is 3.30. The van der Waals surface area contributed by atoms with Gasteiger partial charge in [-0.05, 0) is 54.1 Å². The van der Waals surface area contributed by atoms with Gasteiger partial charge in [0.05, 0.1) is 28.1 Å². The summed E-state index contributed by atoms with van der Waals surface area (Å²) in [5, 5.41) is 9.27. The molecule has 1 aliphatic heterocycles. The molecule has 0 atom stereocenters. The highest BCUT2D eigenvalue weighted by molar-refractivity contribution is 8.18. The van der Waals surface area contributed by atoms with Crippen LogP contribution < -0.4 is 4.74 Å². The average molecular weight is 475 g/mol. The molecule has 0 aliphatic carbocycles. The van der Waals surface area contributed by atoms with Crippen molar-refractivity contribution in [1.29, 1.82) is 5.26 Å². The Kier molecular flexibility index (Phi) is 6.83. The summed E-state index contributed by atoms with van der Waals surface area (Å²) in [4.78, 5) is 26.8. The van der Waals surface area contributed by atoms with Gasteiger partial charge in [-0.25, -0.2) is 0 Å². The summed E-state index contributed by atoms with van der Waals surface area (Å²) < 4.78 is 5.78. The Bertz CT molecular complexity index is 1300. The van der Waals surface area contributed by atoms with Gasteiger partial charge in [-0.3, -0.25) is 14.5 Å². The number of carbonyl (C=O) groups excluding carboxylic acids is 2. The Morgan fingerprint density at radius 3 is 2.58 bits per heavy atom. The van der Waals surface area contributed by atoms with Crippen LogP contribution in [-0.4, -0.2) is 16.0 Å². The number of rotatable bonds is 6. The van der Waals surface area contributed by atoms with E-state index in [0.29, 0.717) is 26.8 Å². The van der Waals surface area contributed by atoms with Gasteiger partial charge in [0.25, 0.3) is 11.1 Å². The summed E-state index contributed by atoms with van der Waals surface area (Å²) in [5.41, 5.74) is 4.01. The number of ether oxygens (including phenoxy) is 1. The lowest BCUT2D eigenvalue weighted by molar-refractivity contribution is -0.123. The molecule has 1 heterocycles. The van der Waals surface area contributed by atoms with Crippen LogP contribution in [0.15, 0.2) is 71.6 Å². The quantitative estimate of drug-likeness (QED) is 0.390. The molecule has 2 amide bonds. The second-order valence-electron chi connectivity index (χ2n) is 7.50. The molecule has 3 aromatic rings. The molecule has 0 aromatic heterocycles. The number of nitriles is 1. The second-order valence-corrected chi connectivity index (χ2v) is 8.90. The number of halogens is 1. The number of nitrogens with zero attached hydrogens (tertiary/aromatic N) is 2. The predicted molar refractivity (Wildman–Crippen MR) is 130 cm³/mol.